The molecule has 1 amide bonds. The molecule has 1 aromatic rings. The number of β-lactam (4-membered cyclic amide) rings is 1. The number of carbonyl (C=O) groups excluding carboxylic acids is 2. The molecule has 7 nitrogen and oxygen atoms in total. The molecule has 138 valence electrons. The average Bonchev–Trinajstić information content (AvgIpc) is 2.95. The molecule has 0 aliphatic carbocycles. The van der Waals surface area contributed by atoms with E-state index in [1.807, 2.05) is 27.7 Å². The Morgan fingerprint density at radius 3 is 2.80 bits per heavy atom. The van der Waals surface area contributed by atoms with E-state index in [1.54, 1.807) is 16.7 Å². The van der Waals surface area contributed by atoms with Gasteiger partial charge in [-0.1, -0.05) is 23.1 Å². The first kappa shape index (κ1) is 18.9. The number of hydrogen-bond acceptors (Lipinski definition) is 9. The lowest BCUT2D eigenvalue weighted by Gasteiger charge is -2.53. The maximum absolute atomic E-state index is 13.0. The summed E-state index contributed by atoms with van der Waals surface area (Å²) in [7, 11) is 0. The van der Waals surface area contributed by atoms with Gasteiger partial charge in [0.1, 0.15) is 27.4 Å². The van der Waals surface area contributed by atoms with Crippen molar-refractivity contribution in [2.24, 2.45) is 11.1 Å². The van der Waals surface area contributed by atoms with Crippen molar-refractivity contribution in [2.75, 3.05) is 18.1 Å². The second-order valence-corrected chi connectivity index (χ2v) is 10.9. The largest absolute Gasteiger partial charge is 0.459 e. The molecule has 3 atom stereocenters. The lowest BCUT2D eigenvalue weighted by atomic mass is 9.89. The Balaban J connectivity index is 1.78. The summed E-state index contributed by atoms with van der Waals surface area (Å²) in [5.74, 6) is 0.708. The molecule has 0 saturated carbocycles. The number of ether oxygens (including phenoxy) is 1. The molecule has 3 heterocycles. The minimum absolute atomic E-state index is 0.0307. The number of nitrogens with two attached hydrogens (primary N) is 1. The number of nitrogens with zero attached hydrogens (tertiary/aromatic N) is 3. The Labute approximate surface area is 159 Å². The molecule has 2 aliphatic rings. The molecule has 2 unspecified atom stereocenters. The standard InChI is InChI=1S/C15H22N4O3S3/c1-8-17-18-13(25-8)24-7-15(12(21)22-14(2,3)4)5-19-10(20)9(16)11(19)23-6-15/h9,11H,5-7,16H2,1-4H3/t9?,11-,15?/m1/s1. The van der Waals surface area contributed by atoms with Gasteiger partial charge in [0.15, 0.2) is 4.34 Å². The van der Waals surface area contributed by atoms with Crippen LogP contribution in [0.3, 0.4) is 0 Å². The van der Waals surface area contributed by atoms with Crippen molar-refractivity contribution >= 4 is 46.7 Å². The first-order valence-corrected chi connectivity index (χ1v) is 10.8. The number of rotatable bonds is 4. The fraction of sp³-hybridized carbons (Fsp3) is 0.733. The van der Waals surface area contributed by atoms with Gasteiger partial charge in [0.05, 0.1) is 0 Å². The molecule has 2 N–H and O–H groups in total. The molecule has 0 spiro atoms. The van der Waals surface area contributed by atoms with Crippen molar-refractivity contribution in [3.8, 4) is 0 Å². The van der Waals surface area contributed by atoms with Crippen LogP contribution in [0.1, 0.15) is 25.8 Å². The Kier molecular flexibility index (Phi) is 5.08. The molecular formula is C15H22N4O3S3. The number of thioether (sulfide) groups is 2. The van der Waals surface area contributed by atoms with Crippen LogP contribution >= 0.6 is 34.9 Å². The molecule has 2 fully saturated rings. The molecule has 0 aromatic carbocycles. The lowest BCUT2D eigenvalue weighted by Crippen LogP contribution is -2.72. The van der Waals surface area contributed by atoms with Gasteiger partial charge in [-0.15, -0.1) is 22.0 Å². The minimum Gasteiger partial charge on any atom is -0.459 e. The van der Waals surface area contributed by atoms with Crippen molar-refractivity contribution in [2.45, 2.75) is 49.1 Å². The van der Waals surface area contributed by atoms with E-state index in [0.29, 0.717) is 18.1 Å². The van der Waals surface area contributed by atoms with E-state index in [0.717, 1.165) is 9.35 Å². The van der Waals surface area contributed by atoms with Gasteiger partial charge in [0, 0.05) is 18.1 Å². The lowest BCUT2D eigenvalue weighted by molar-refractivity contribution is -0.169. The highest BCUT2D eigenvalue weighted by Gasteiger charge is 2.56. The summed E-state index contributed by atoms with van der Waals surface area (Å²) in [6.45, 7) is 7.79. The second kappa shape index (κ2) is 6.71. The van der Waals surface area contributed by atoms with Crippen LogP contribution in [0.25, 0.3) is 0 Å². The van der Waals surface area contributed by atoms with Gasteiger partial charge in [0.2, 0.25) is 5.91 Å². The Bertz CT molecular complexity index is 690. The minimum atomic E-state index is -0.769. The molecule has 0 radical (unpaired) electrons. The van der Waals surface area contributed by atoms with Gasteiger partial charge in [-0.05, 0) is 27.7 Å². The zero-order valence-corrected chi connectivity index (χ0v) is 17.1. The highest BCUT2D eigenvalue weighted by molar-refractivity contribution is 8.01. The van der Waals surface area contributed by atoms with Crippen LogP contribution < -0.4 is 5.73 Å². The fourth-order valence-corrected chi connectivity index (χ4v) is 6.33. The highest BCUT2D eigenvalue weighted by atomic mass is 32.2. The van der Waals surface area contributed by atoms with Gasteiger partial charge in [0.25, 0.3) is 0 Å². The molecule has 1 aromatic heterocycles. The second-order valence-electron chi connectivity index (χ2n) is 7.35. The van der Waals surface area contributed by atoms with Crippen LogP contribution in [0.4, 0.5) is 0 Å². The van der Waals surface area contributed by atoms with Gasteiger partial charge < -0.3 is 15.4 Å². The summed E-state index contributed by atoms with van der Waals surface area (Å²) in [5.41, 5.74) is 4.51. The van der Waals surface area contributed by atoms with Crippen LogP contribution in [0.2, 0.25) is 0 Å². The van der Waals surface area contributed by atoms with Gasteiger partial charge in [-0.25, -0.2) is 0 Å². The number of hydrogen-bond donors (Lipinski definition) is 1. The van der Waals surface area contributed by atoms with E-state index >= 15 is 0 Å². The number of aryl methyl sites for hydroxylation is 1. The zero-order chi connectivity index (χ0) is 18.4. The SMILES string of the molecule is Cc1nnc(SCC2(C(=O)OC(C)(C)C)CS[C@@H]3C(N)C(=O)N3C2)s1. The summed E-state index contributed by atoms with van der Waals surface area (Å²) in [6, 6.07) is -0.458. The molecule has 10 heteroatoms. The van der Waals surface area contributed by atoms with E-state index < -0.39 is 17.1 Å². The van der Waals surface area contributed by atoms with Crippen LogP contribution in [0.15, 0.2) is 4.34 Å². The molecule has 3 rings (SSSR count). The third kappa shape index (κ3) is 3.81. The quantitative estimate of drug-likeness (QED) is 0.460. The Morgan fingerprint density at radius 2 is 2.20 bits per heavy atom. The van der Waals surface area contributed by atoms with Crippen molar-refractivity contribution in [1.82, 2.24) is 15.1 Å². The summed E-state index contributed by atoms with van der Waals surface area (Å²) in [4.78, 5) is 26.8. The van der Waals surface area contributed by atoms with Crippen molar-refractivity contribution in [1.29, 1.82) is 0 Å². The molecule has 2 saturated heterocycles. The van der Waals surface area contributed by atoms with E-state index in [4.69, 9.17) is 10.5 Å². The normalized spacial score (nSPS) is 29.2. The Hall–Kier alpha value is -0.840. The third-order valence-corrected chi connectivity index (χ3v) is 7.87. The third-order valence-electron chi connectivity index (χ3n) is 4.00. The molecule has 25 heavy (non-hydrogen) atoms. The van der Waals surface area contributed by atoms with E-state index in [9.17, 15) is 9.59 Å². The summed E-state index contributed by atoms with van der Waals surface area (Å²) < 4.78 is 6.50. The van der Waals surface area contributed by atoms with E-state index in [2.05, 4.69) is 10.2 Å². The van der Waals surface area contributed by atoms with Crippen LogP contribution in [0.5, 0.6) is 0 Å². The predicted molar refractivity (Wildman–Crippen MR) is 99.6 cm³/mol. The maximum Gasteiger partial charge on any atom is 0.316 e. The monoisotopic (exact) mass is 402 g/mol. The zero-order valence-electron chi connectivity index (χ0n) is 14.6. The van der Waals surface area contributed by atoms with Crippen molar-refractivity contribution < 1.29 is 14.3 Å². The van der Waals surface area contributed by atoms with Crippen molar-refractivity contribution in [3.63, 3.8) is 0 Å². The van der Waals surface area contributed by atoms with Gasteiger partial charge in [-0.3, -0.25) is 9.59 Å². The Morgan fingerprint density at radius 1 is 1.48 bits per heavy atom. The summed E-state index contributed by atoms with van der Waals surface area (Å²) in [5, 5.41) is 8.98. The average molecular weight is 403 g/mol. The summed E-state index contributed by atoms with van der Waals surface area (Å²) in [6.07, 6.45) is 0. The number of aromatic nitrogens is 2. The van der Waals surface area contributed by atoms with E-state index in [1.165, 1.54) is 23.1 Å². The topological polar surface area (TPSA) is 98.4 Å². The number of amides is 1. The fourth-order valence-electron chi connectivity index (χ4n) is 2.72. The smallest absolute Gasteiger partial charge is 0.316 e. The molecule has 2 aliphatic heterocycles. The summed E-state index contributed by atoms with van der Waals surface area (Å²) >= 11 is 4.55. The predicted octanol–water partition coefficient (Wildman–Crippen LogP) is 1.51. The highest BCUT2D eigenvalue weighted by Crippen LogP contribution is 2.45. The molecule has 0 bridgehead atoms. The number of carbonyl (C=O) groups is 2. The van der Waals surface area contributed by atoms with Crippen LogP contribution in [-0.2, 0) is 14.3 Å². The number of esters is 1. The van der Waals surface area contributed by atoms with Gasteiger partial charge in [-0.2, -0.15) is 0 Å². The van der Waals surface area contributed by atoms with E-state index in [-0.39, 0.29) is 17.3 Å². The maximum atomic E-state index is 13.0. The van der Waals surface area contributed by atoms with Crippen LogP contribution in [0, 0.1) is 12.3 Å². The van der Waals surface area contributed by atoms with Gasteiger partial charge >= 0.3 is 5.97 Å². The molecular weight excluding hydrogens is 380 g/mol. The van der Waals surface area contributed by atoms with Crippen molar-refractivity contribution in [3.05, 3.63) is 5.01 Å². The first-order valence-electron chi connectivity index (χ1n) is 7.95. The number of fused-ring (bicyclic) bond motifs is 1. The van der Waals surface area contributed by atoms with Crippen LogP contribution in [-0.4, -0.2) is 62.0 Å². The first-order chi connectivity index (χ1) is 11.6.